The second-order valence-electron chi connectivity index (χ2n) is 8.40. The minimum atomic E-state index is -4.10. The molecule has 0 atom stereocenters. The molecule has 2 aliphatic carbocycles. The van der Waals surface area contributed by atoms with E-state index < -0.39 is 16.0 Å². The monoisotopic (exact) mass is 469 g/mol. The summed E-state index contributed by atoms with van der Waals surface area (Å²) in [6, 6.07) is 9.32. The average Bonchev–Trinajstić information content (AvgIpc) is 3.25. The molecule has 0 unspecified atom stereocenters. The van der Waals surface area contributed by atoms with E-state index in [2.05, 4.69) is 20.2 Å². The number of tetrazole rings is 1. The highest BCUT2D eigenvalue weighted by Gasteiger charge is 2.32. The predicted octanol–water partition coefficient (Wildman–Crippen LogP) is 3.36. The second kappa shape index (κ2) is 8.47. The lowest BCUT2D eigenvalue weighted by atomic mass is 10.1. The smallest absolute Gasteiger partial charge is 0.335 e. The Morgan fingerprint density at radius 3 is 2.55 bits per heavy atom. The summed E-state index contributed by atoms with van der Waals surface area (Å²) in [7, 11) is -4.10. The van der Waals surface area contributed by atoms with Crippen LogP contribution >= 0.6 is 0 Å². The molecule has 2 N–H and O–H groups in total. The van der Waals surface area contributed by atoms with E-state index in [0.29, 0.717) is 17.0 Å². The minimum absolute atomic E-state index is 0.0181. The molecule has 0 radical (unpaired) electrons. The third-order valence-electron chi connectivity index (χ3n) is 5.98. The first-order chi connectivity index (χ1) is 15.9. The number of carbonyl (C=O) groups is 1. The van der Waals surface area contributed by atoms with Crippen LogP contribution in [0.5, 0.6) is 5.75 Å². The number of anilines is 1. The summed E-state index contributed by atoms with van der Waals surface area (Å²) in [4.78, 5) is 11.5. The molecule has 1 heterocycles. The Balaban J connectivity index is 1.54. The molecule has 2 aromatic carbocycles. The topological polar surface area (TPSA) is 136 Å². The maximum absolute atomic E-state index is 13.5. The van der Waals surface area contributed by atoms with Gasteiger partial charge in [-0.2, -0.15) is 0 Å². The Kier molecular flexibility index (Phi) is 5.49. The number of hydrogen-bond donors (Lipinski definition) is 2. The van der Waals surface area contributed by atoms with E-state index in [1.54, 1.807) is 24.3 Å². The van der Waals surface area contributed by atoms with Crippen LogP contribution in [0, 0.1) is 0 Å². The number of rotatable bonds is 8. The third kappa shape index (κ3) is 4.54. The highest BCUT2D eigenvalue weighted by molar-refractivity contribution is 7.92. The number of nitrogens with zero attached hydrogens (tertiary/aromatic N) is 4. The quantitative estimate of drug-likeness (QED) is 0.512. The summed E-state index contributed by atoms with van der Waals surface area (Å²) in [6.45, 7) is 0. The van der Waals surface area contributed by atoms with Crippen molar-refractivity contribution in [3.63, 3.8) is 0 Å². The number of aromatic carboxylic acids is 1. The molecule has 0 aliphatic heterocycles. The number of ether oxygens (including phenoxy) is 1. The maximum Gasteiger partial charge on any atom is 0.335 e. The SMILES string of the molecule is O=C(O)c1ccc(C2CC2)c(S(=O)(=O)Nc2cc(-n3cnnn3)ccc2OC2CCCC2)c1. The van der Waals surface area contributed by atoms with Gasteiger partial charge in [-0.3, -0.25) is 4.72 Å². The predicted molar refractivity (Wildman–Crippen MR) is 118 cm³/mol. The van der Waals surface area contributed by atoms with Crippen molar-refractivity contribution < 1.29 is 23.1 Å². The molecule has 5 rings (SSSR count). The van der Waals surface area contributed by atoms with Crippen LogP contribution in [0.15, 0.2) is 47.6 Å². The zero-order chi connectivity index (χ0) is 23.0. The first-order valence-corrected chi connectivity index (χ1v) is 12.3. The van der Waals surface area contributed by atoms with Gasteiger partial charge in [-0.1, -0.05) is 6.07 Å². The van der Waals surface area contributed by atoms with Crippen molar-refractivity contribution >= 4 is 21.7 Å². The molecule has 3 aromatic rings. The normalized spacial score (nSPS) is 16.6. The van der Waals surface area contributed by atoms with E-state index in [9.17, 15) is 18.3 Å². The van der Waals surface area contributed by atoms with Gasteiger partial charge in [-0.15, -0.1) is 5.10 Å². The molecule has 172 valence electrons. The Morgan fingerprint density at radius 2 is 1.88 bits per heavy atom. The lowest BCUT2D eigenvalue weighted by Crippen LogP contribution is -2.18. The molecule has 2 aliphatic rings. The lowest BCUT2D eigenvalue weighted by molar-refractivity contribution is 0.0696. The maximum atomic E-state index is 13.5. The summed E-state index contributed by atoms with van der Waals surface area (Å²) < 4.78 is 37.2. The lowest BCUT2D eigenvalue weighted by Gasteiger charge is -2.19. The van der Waals surface area contributed by atoms with Crippen LogP contribution in [-0.4, -0.2) is 45.8 Å². The first-order valence-electron chi connectivity index (χ1n) is 10.8. The van der Waals surface area contributed by atoms with Crippen molar-refractivity contribution in [1.82, 2.24) is 20.2 Å². The van der Waals surface area contributed by atoms with Gasteiger partial charge in [0.25, 0.3) is 10.0 Å². The van der Waals surface area contributed by atoms with Gasteiger partial charge >= 0.3 is 5.97 Å². The van der Waals surface area contributed by atoms with E-state index in [1.165, 1.54) is 23.1 Å². The van der Waals surface area contributed by atoms with Crippen molar-refractivity contribution in [3.8, 4) is 11.4 Å². The standard InChI is InChI=1S/C22H23N5O5S/c28-22(29)15-7-9-18(14-5-6-14)21(11-15)33(30,31)24-19-12-16(27-13-23-25-26-27)8-10-20(19)32-17-3-1-2-4-17/h7-14,17,24H,1-6H2,(H,28,29). The second-order valence-corrected chi connectivity index (χ2v) is 10.0. The number of sulfonamides is 1. The zero-order valence-electron chi connectivity index (χ0n) is 17.7. The van der Waals surface area contributed by atoms with Gasteiger partial charge in [0.05, 0.1) is 27.9 Å². The van der Waals surface area contributed by atoms with Crippen LogP contribution in [0.4, 0.5) is 5.69 Å². The van der Waals surface area contributed by atoms with Crippen LogP contribution in [-0.2, 0) is 10.0 Å². The zero-order valence-corrected chi connectivity index (χ0v) is 18.5. The van der Waals surface area contributed by atoms with E-state index in [0.717, 1.165) is 38.5 Å². The highest BCUT2D eigenvalue weighted by Crippen LogP contribution is 2.44. The number of nitrogens with one attached hydrogen (secondary N) is 1. The summed E-state index contributed by atoms with van der Waals surface area (Å²) in [5.41, 5.74) is 1.35. The summed E-state index contributed by atoms with van der Waals surface area (Å²) in [5, 5.41) is 20.5. The molecule has 11 heteroatoms. The summed E-state index contributed by atoms with van der Waals surface area (Å²) in [5.74, 6) is -0.662. The molecule has 0 spiro atoms. The first kappa shape index (κ1) is 21.4. The molecule has 1 aromatic heterocycles. The van der Waals surface area contributed by atoms with Crippen molar-refractivity contribution in [3.05, 3.63) is 53.9 Å². The van der Waals surface area contributed by atoms with E-state index in [-0.39, 0.29) is 28.2 Å². The minimum Gasteiger partial charge on any atom is -0.488 e. The fourth-order valence-electron chi connectivity index (χ4n) is 4.14. The molecule has 2 saturated carbocycles. The number of carboxylic acid groups (broad SMARTS) is 1. The summed E-state index contributed by atoms with van der Waals surface area (Å²) >= 11 is 0. The highest BCUT2D eigenvalue weighted by atomic mass is 32.2. The fraction of sp³-hybridized carbons (Fsp3) is 0.364. The van der Waals surface area contributed by atoms with Crippen molar-refractivity contribution in [2.75, 3.05) is 4.72 Å². The van der Waals surface area contributed by atoms with Crippen molar-refractivity contribution in [2.45, 2.75) is 55.4 Å². The molecule has 33 heavy (non-hydrogen) atoms. The summed E-state index contributed by atoms with van der Waals surface area (Å²) in [6.07, 6.45) is 7.14. The number of aromatic nitrogens is 4. The van der Waals surface area contributed by atoms with Crippen LogP contribution in [0.1, 0.15) is 60.4 Å². The molecular formula is C22H23N5O5S. The fourth-order valence-corrected chi connectivity index (χ4v) is 5.53. The Bertz CT molecular complexity index is 1280. The average molecular weight is 470 g/mol. The Morgan fingerprint density at radius 1 is 1.09 bits per heavy atom. The van der Waals surface area contributed by atoms with E-state index in [1.807, 2.05) is 0 Å². The molecule has 0 saturated heterocycles. The van der Waals surface area contributed by atoms with Crippen LogP contribution in [0.25, 0.3) is 5.69 Å². The van der Waals surface area contributed by atoms with Crippen molar-refractivity contribution in [2.24, 2.45) is 0 Å². The molecule has 0 amide bonds. The van der Waals surface area contributed by atoms with E-state index in [4.69, 9.17) is 4.74 Å². The Hall–Kier alpha value is -3.47. The molecular weight excluding hydrogens is 446 g/mol. The molecule has 10 nitrogen and oxygen atoms in total. The number of hydrogen-bond acceptors (Lipinski definition) is 7. The molecule has 0 bridgehead atoms. The van der Waals surface area contributed by atoms with Crippen LogP contribution in [0.3, 0.4) is 0 Å². The van der Waals surface area contributed by atoms with Gasteiger partial charge in [0.2, 0.25) is 0 Å². The number of benzene rings is 2. The molecule has 2 fully saturated rings. The van der Waals surface area contributed by atoms with Gasteiger partial charge in [0, 0.05) is 0 Å². The number of carboxylic acids is 1. The largest absolute Gasteiger partial charge is 0.488 e. The van der Waals surface area contributed by atoms with Gasteiger partial charge in [-0.25, -0.2) is 17.9 Å². The van der Waals surface area contributed by atoms with Gasteiger partial charge in [0.1, 0.15) is 12.1 Å². The van der Waals surface area contributed by atoms with Crippen LogP contribution in [0.2, 0.25) is 0 Å². The third-order valence-corrected chi connectivity index (χ3v) is 7.41. The van der Waals surface area contributed by atoms with Gasteiger partial charge < -0.3 is 9.84 Å². The van der Waals surface area contributed by atoms with Crippen LogP contribution < -0.4 is 9.46 Å². The van der Waals surface area contributed by atoms with Gasteiger partial charge in [0.15, 0.2) is 0 Å². The van der Waals surface area contributed by atoms with Crippen molar-refractivity contribution in [1.29, 1.82) is 0 Å². The van der Waals surface area contributed by atoms with E-state index >= 15 is 0 Å². The Labute approximate surface area is 190 Å². The van der Waals surface area contributed by atoms with Gasteiger partial charge in [-0.05, 0) is 90.8 Å².